The van der Waals surface area contributed by atoms with Crippen LogP contribution in [0.2, 0.25) is 0 Å². The second-order valence-electron chi connectivity index (χ2n) is 13.3. The van der Waals surface area contributed by atoms with Crippen molar-refractivity contribution in [2.45, 2.75) is 0 Å². The summed E-state index contributed by atoms with van der Waals surface area (Å²) in [7, 11) is 0. The molecule has 0 aliphatic rings. The standard InChI is InChI=1S/C48H30N2O/c1-2-17-36(18-3-1)49(44-23-10-20-39-40-27-25-32-13-8-9-19-38(32)47(40)51-48(39)44)42-21-11-22-43-46(42)41-29-34-15-6-7-16-35(34)30-45(41)50(43)37-26-24-31-12-4-5-14-33(31)28-37/h1-30H. The van der Waals surface area contributed by atoms with Gasteiger partial charge in [0.1, 0.15) is 5.58 Å². The summed E-state index contributed by atoms with van der Waals surface area (Å²) in [6.45, 7) is 0. The highest BCUT2D eigenvalue weighted by Gasteiger charge is 2.24. The van der Waals surface area contributed by atoms with E-state index in [1.165, 1.54) is 43.2 Å². The van der Waals surface area contributed by atoms with Gasteiger partial charge in [-0.05, 0) is 87.6 Å². The van der Waals surface area contributed by atoms with Gasteiger partial charge in [0, 0.05) is 38.3 Å². The molecule has 0 saturated heterocycles. The Hall–Kier alpha value is -6.84. The molecular formula is C48H30N2O. The fraction of sp³-hybridized carbons (Fsp3) is 0. The van der Waals surface area contributed by atoms with Crippen LogP contribution in [0.25, 0.3) is 81.7 Å². The monoisotopic (exact) mass is 650 g/mol. The first-order valence-electron chi connectivity index (χ1n) is 17.4. The van der Waals surface area contributed by atoms with Crippen LogP contribution >= 0.6 is 0 Å². The lowest BCUT2D eigenvalue weighted by Gasteiger charge is -2.26. The first kappa shape index (κ1) is 28.0. The predicted molar refractivity (Wildman–Crippen MR) is 215 cm³/mol. The smallest absolute Gasteiger partial charge is 0.159 e. The first-order valence-corrected chi connectivity index (χ1v) is 17.4. The van der Waals surface area contributed by atoms with Gasteiger partial charge >= 0.3 is 0 Å². The van der Waals surface area contributed by atoms with E-state index in [1.54, 1.807) is 0 Å². The number of hydrogen-bond acceptors (Lipinski definition) is 2. The van der Waals surface area contributed by atoms with E-state index in [2.05, 4.69) is 191 Å². The van der Waals surface area contributed by atoms with Crippen molar-refractivity contribution in [2.75, 3.05) is 4.90 Å². The Morgan fingerprint density at radius 2 is 1.00 bits per heavy atom. The normalized spacial score (nSPS) is 11.9. The summed E-state index contributed by atoms with van der Waals surface area (Å²) in [6.07, 6.45) is 0. The molecule has 11 rings (SSSR count). The zero-order valence-corrected chi connectivity index (χ0v) is 27.6. The number of nitrogens with zero attached hydrogens (tertiary/aromatic N) is 2. The Morgan fingerprint density at radius 1 is 0.373 bits per heavy atom. The van der Waals surface area contributed by atoms with Crippen LogP contribution in [0.1, 0.15) is 0 Å². The summed E-state index contributed by atoms with van der Waals surface area (Å²) in [4.78, 5) is 2.38. The minimum Gasteiger partial charge on any atom is -0.453 e. The van der Waals surface area contributed by atoms with Crippen LogP contribution in [-0.2, 0) is 0 Å². The molecule has 0 saturated carbocycles. The van der Waals surface area contributed by atoms with Crippen molar-refractivity contribution >= 4 is 93.1 Å². The Balaban J connectivity index is 1.26. The number of fused-ring (bicyclic) bond motifs is 10. The van der Waals surface area contributed by atoms with E-state index < -0.39 is 0 Å². The molecular weight excluding hydrogens is 621 g/mol. The van der Waals surface area contributed by atoms with Gasteiger partial charge < -0.3 is 13.9 Å². The van der Waals surface area contributed by atoms with E-state index in [1.807, 2.05) is 0 Å². The largest absolute Gasteiger partial charge is 0.453 e. The molecule has 0 amide bonds. The summed E-state index contributed by atoms with van der Waals surface area (Å²) < 4.78 is 9.38. The number of para-hydroxylation sites is 2. The molecule has 3 nitrogen and oxygen atoms in total. The Bertz CT molecular complexity index is 3150. The SMILES string of the molecule is c1ccc(N(c2cccc3c2oc2c4ccccc4ccc32)c2cccc3c2c2cc4ccccc4cc2n3-c2ccc3ccccc3c2)cc1. The van der Waals surface area contributed by atoms with E-state index in [9.17, 15) is 0 Å². The third-order valence-corrected chi connectivity index (χ3v) is 10.5. The lowest BCUT2D eigenvalue weighted by atomic mass is 10.0. The van der Waals surface area contributed by atoms with Gasteiger partial charge in [0.15, 0.2) is 5.58 Å². The molecule has 0 radical (unpaired) electrons. The van der Waals surface area contributed by atoms with Gasteiger partial charge in [-0.3, -0.25) is 0 Å². The maximum Gasteiger partial charge on any atom is 0.159 e. The molecule has 0 aliphatic carbocycles. The average molecular weight is 651 g/mol. The van der Waals surface area contributed by atoms with Crippen LogP contribution in [0.4, 0.5) is 17.1 Å². The molecule has 238 valence electrons. The lowest BCUT2D eigenvalue weighted by Crippen LogP contribution is -2.10. The van der Waals surface area contributed by atoms with E-state index in [-0.39, 0.29) is 0 Å². The highest BCUT2D eigenvalue weighted by Crippen LogP contribution is 2.48. The quantitative estimate of drug-likeness (QED) is 0.189. The van der Waals surface area contributed by atoms with Crippen LogP contribution in [0, 0.1) is 0 Å². The van der Waals surface area contributed by atoms with Crippen LogP contribution < -0.4 is 4.90 Å². The van der Waals surface area contributed by atoms with E-state index in [0.29, 0.717) is 0 Å². The number of aromatic nitrogens is 1. The third kappa shape index (κ3) is 4.19. The molecule has 0 spiro atoms. The van der Waals surface area contributed by atoms with E-state index in [0.717, 1.165) is 55.6 Å². The van der Waals surface area contributed by atoms with Crippen molar-refractivity contribution in [1.29, 1.82) is 0 Å². The second-order valence-corrected chi connectivity index (χ2v) is 13.3. The summed E-state index contributed by atoms with van der Waals surface area (Å²) in [6, 6.07) is 65.5. The highest BCUT2D eigenvalue weighted by molar-refractivity contribution is 6.21. The van der Waals surface area contributed by atoms with Gasteiger partial charge in [0.05, 0.1) is 22.4 Å². The van der Waals surface area contributed by atoms with Gasteiger partial charge in [0.25, 0.3) is 0 Å². The lowest BCUT2D eigenvalue weighted by molar-refractivity contribution is 0.673. The predicted octanol–water partition coefficient (Wildman–Crippen LogP) is 13.6. The summed E-state index contributed by atoms with van der Waals surface area (Å²) in [5, 5.41) is 11.8. The topological polar surface area (TPSA) is 21.3 Å². The fourth-order valence-electron chi connectivity index (χ4n) is 8.19. The highest BCUT2D eigenvalue weighted by atomic mass is 16.3. The van der Waals surface area contributed by atoms with Crippen molar-refractivity contribution in [3.8, 4) is 5.69 Å². The summed E-state index contributed by atoms with van der Waals surface area (Å²) in [5.41, 5.74) is 8.41. The maximum absolute atomic E-state index is 6.95. The minimum absolute atomic E-state index is 0.869. The maximum atomic E-state index is 6.95. The zero-order valence-electron chi connectivity index (χ0n) is 27.6. The first-order chi connectivity index (χ1) is 25.3. The Morgan fingerprint density at radius 3 is 1.84 bits per heavy atom. The van der Waals surface area contributed by atoms with Crippen molar-refractivity contribution < 1.29 is 4.42 Å². The van der Waals surface area contributed by atoms with Gasteiger partial charge in [-0.25, -0.2) is 0 Å². The minimum atomic E-state index is 0.869. The van der Waals surface area contributed by atoms with Crippen molar-refractivity contribution in [3.05, 3.63) is 182 Å². The van der Waals surface area contributed by atoms with Crippen LogP contribution in [-0.4, -0.2) is 4.57 Å². The van der Waals surface area contributed by atoms with Crippen molar-refractivity contribution in [3.63, 3.8) is 0 Å². The van der Waals surface area contributed by atoms with Crippen LogP contribution in [0.15, 0.2) is 186 Å². The van der Waals surface area contributed by atoms with Gasteiger partial charge in [-0.1, -0.05) is 121 Å². The van der Waals surface area contributed by atoms with Gasteiger partial charge in [-0.15, -0.1) is 0 Å². The molecule has 51 heavy (non-hydrogen) atoms. The molecule has 2 aromatic heterocycles. The molecule has 0 fully saturated rings. The fourth-order valence-corrected chi connectivity index (χ4v) is 8.19. The van der Waals surface area contributed by atoms with Crippen molar-refractivity contribution in [2.24, 2.45) is 0 Å². The molecule has 9 aromatic carbocycles. The van der Waals surface area contributed by atoms with Crippen LogP contribution in [0.5, 0.6) is 0 Å². The molecule has 0 bridgehead atoms. The van der Waals surface area contributed by atoms with E-state index in [4.69, 9.17) is 4.42 Å². The molecule has 3 heteroatoms. The van der Waals surface area contributed by atoms with Gasteiger partial charge in [-0.2, -0.15) is 0 Å². The summed E-state index contributed by atoms with van der Waals surface area (Å²) >= 11 is 0. The second kappa shape index (κ2) is 10.8. The average Bonchev–Trinajstić information content (AvgIpc) is 3.74. The van der Waals surface area contributed by atoms with Crippen LogP contribution in [0.3, 0.4) is 0 Å². The molecule has 2 heterocycles. The third-order valence-electron chi connectivity index (χ3n) is 10.5. The molecule has 0 unspecified atom stereocenters. The zero-order chi connectivity index (χ0) is 33.5. The molecule has 0 aliphatic heterocycles. The molecule has 11 aromatic rings. The number of anilines is 3. The van der Waals surface area contributed by atoms with Crippen molar-refractivity contribution in [1.82, 2.24) is 4.57 Å². The molecule has 0 atom stereocenters. The Labute approximate surface area is 293 Å². The van der Waals surface area contributed by atoms with E-state index >= 15 is 0 Å². The number of furan rings is 1. The number of hydrogen-bond donors (Lipinski definition) is 0. The Kier molecular flexibility index (Phi) is 5.96. The molecule has 0 N–H and O–H groups in total. The number of benzene rings is 9. The van der Waals surface area contributed by atoms with Gasteiger partial charge in [0.2, 0.25) is 0 Å². The summed E-state index contributed by atoms with van der Waals surface area (Å²) in [5.74, 6) is 0. The number of rotatable bonds is 4.